The van der Waals surface area contributed by atoms with E-state index in [4.69, 9.17) is 0 Å². The fourth-order valence-electron chi connectivity index (χ4n) is 4.81. The zero-order valence-corrected chi connectivity index (χ0v) is 17.0. The van der Waals surface area contributed by atoms with E-state index in [2.05, 4.69) is 23.2 Å². The Balaban J connectivity index is 0.00000192. The lowest BCUT2D eigenvalue weighted by atomic mass is 9.77. The van der Waals surface area contributed by atoms with Gasteiger partial charge in [0.25, 0.3) is 0 Å². The number of hydrogen-bond donors (Lipinski definition) is 0. The second-order valence-corrected chi connectivity index (χ2v) is 8.16. The molecule has 146 valence electrons. The van der Waals surface area contributed by atoms with Gasteiger partial charge in [0.2, 0.25) is 0 Å². The number of hydrogen-bond acceptors (Lipinski definition) is 4. The van der Waals surface area contributed by atoms with E-state index in [1.54, 1.807) is 12.5 Å². The van der Waals surface area contributed by atoms with Crippen LogP contribution >= 0.6 is 12.4 Å². The van der Waals surface area contributed by atoms with Crippen molar-refractivity contribution in [2.24, 2.45) is 11.8 Å². The van der Waals surface area contributed by atoms with Crippen molar-refractivity contribution < 1.29 is 9.59 Å². The fraction of sp³-hybridized carbons (Fsp3) is 0.409. The number of Topliss-reactive ketones (excluding diaryl/α,β-unsaturated/α-hetero) is 2. The first kappa shape index (κ1) is 19.1. The molecule has 0 N–H and O–H groups in total. The fourth-order valence-corrected chi connectivity index (χ4v) is 4.81. The quantitative estimate of drug-likeness (QED) is 0.742. The first-order valence-corrected chi connectivity index (χ1v) is 9.68. The van der Waals surface area contributed by atoms with Crippen LogP contribution in [0.2, 0.25) is 0 Å². The molecule has 0 radical (unpaired) electrons. The molecule has 3 aliphatic carbocycles. The molecule has 2 atom stereocenters. The predicted molar refractivity (Wildman–Crippen MR) is 111 cm³/mol. The molecule has 0 aliphatic heterocycles. The number of carbonyl (C=O) groups is 2. The smallest absolute Gasteiger partial charge is 0.177 e. The summed E-state index contributed by atoms with van der Waals surface area (Å²) in [5, 5.41) is 0. The molecular formula is C22H24ClN3O2. The lowest BCUT2D eigenvalue weighted by molar-refractivity contribution is 0.0787. The highest BCUT2D eigenvalue weighted by atomic mass is 35.5. The van der Waals surface area contributed by atoms with E-state index in [0.29, 0.717) is 24.4 Å². The van der Waals surface area contributed by atoms with E-state index in [1.165, 1.54) is 5.57 Å². The second-order valence-electron chi connectivity index (χ2n) is 8.16. The molecule has 0 fully saturated rings. The normalized spacial score (nSPS) is 22.8. The highest BCUT2D eigenvalue weighted by Crippen LogP contribution is 2.42. The summed E-state index contributed by atoms with van der Waals surface area (Å²) >= 11 is 0. The van der Waals surface area contributed by atoms with Crippen molar-refractivity contribution in [3.63, 3.8) is 0 Å². The van der Waals surface area contributed by atoms with Gasteiger partial charge in [-0.1, -0.05) is 12.2 Å². The van der Waals surface area contributed by atoms with E-state index in [0.717, 1.165) is 41.6 Å². The van der Waals surface area contributed by atoms with Crippen molar-refractivity contribution in [3.05, 3.63) is 52.6 Å². The molecule has 0 saturated carbocycles. The Bertz CT molecular complexity index is 1050. The summed E-state index contributed by atoms with van der Waals surface area (Å²) in [6.45, 7) is 0.711. The molecule has 3 aliphatic rings. The average molecular weight is 398 g/mol. The number of aromatic nitrogens is 2. The van der Waals surface area contributed by atoms with E-state index in [-0.39, 0.29) is 24.0 Å². The van der Waals surface area contributed by atoms with E-state index in [9.17, 15) is 9.59 Å². The van der Waals surface area contributed by atoms with Crippen LogP contribution in [-0.2, 0) is 6.42 Å². The van der Waals surface area contributed by atoms with Crippen molar-refractivity contribution in [2.45, 2.75) is 25.7 Å². The first-order valence-electron chi connectivity index (χ1n) is 9.68. The molecule has 0 amide bonds. The molecule has 5 nitrogen and oxygen atoms in total. The molecule has 0 saturated heterocycles. The summed E-state index contributed by atoms with van der Waals surface area (Å²) in [5.41, 5.74) is 5.55. The maximum absolute atomic E-state index is 13.4. The van der Waals surface area contributed by atoms with E-state index in [1.807, 2.05) is 23.4 Å². The van der Waals surface area contributed by atoms with Gasteiger partial charge in [0, 0.05) is 17.5 Å². The molecule has 0 spiro atoms. The minimum absolute atomic E-state index is 0. The Morgan fingerprint density at radius 2 is 2.07 bits per heavy atom. The van der Waals surface area contributed by atoms with Gasteiger partial charge in [-0.15, -0.1) is 12.4 Å². The maximum Gasteiger partial charge on any atom is 0.177 e. The van der Waals surface area contributed by atoms with Crippen LogP contribution in [0.4, 0.5) is 0 Å². The summed E-state index contributed by atoms with van der Waals surface area (Å²) < 4.78 is 2.00. The number of fused-ring (bicyclic) bond motifs is 4. The third kappa shape index (κ3) is 2.68. The molecule has 0 bridgehead atoms. The lowest BCUT2D eigenvalue weighted by Crippen LogP contribution is -2.32. The molecule has 2 heterocycles. The Labute approximate surface area is 170 Å². The predicted octanol–water partition coefficient (Wildman–Crippen LogP) is 3.61. The topological polar surface area (TPSA) is 54.7 Å². The van der Waals surface area contributed by atoms with Gasteiger partial charge in [-0.2, -0.15) is 0 Å². The van der Waals surface area contributed by atoms with Gasteiger partial charge >= 0.3 is 0 Å². The first-order chi connectivity index (χ1) is 13.1. The van der Waals surface area contributed by atoms with Crippen molar-refractivity contribution in [1.29, 1.82) is 0 Å². The third-order valence-corrected chi connectivity index (χ3v) is 6.21. The van der Waals surface area contributed by atoms with Crippen LogP contribution in [0.5, 0.6) is 0 Å². The molecule has 2 aromatic rings. The van der Waals surface area contributed by atoms with Crippen molar-refractivity contribution >= 4 is 35.6 Å². The number of nitrogens with zero attached hydrogens (tertiary/aromatic N) is 3. The SMILES string of the molecule is CN(C)CCC1C(=O)c2cncn3c4c(c(c23)C1=O)C=C1C=CCCC1C4.Cl. The molecule has 5 rings (SSSR count). The Morgan fingerprint density at radius 1 is 1.25 bits per heavy atom. The standard InChI is InChI=1S/C22H23N3O2.ClH/c1-24(2)8-7-15-21(26)17-11-23-12-25-18-10-14-6-4-3-5-13(14)9-16(18)19(20(17)25)22(15)27;/h3,5,9,11-12,14-15H,4,6-8,10H2,1-2H3;1H. The number of carbonyl (C=O) groups excluding carboxylic acids is 2. The van der Waals surface area contributed by atoms with Gasteiger partial charge in [0.1, 0.15) is 0 Å². The molecule has 28 heavy (non-hydrogen) atoms. The van der Waals surface area contributed by atoms with Crippen LogP contribution in [0.25, 0.3) is 11.6 Å². The van der Waals surface area contributed by atoms with Crippen LogP contribution in [0, 0.1) is 11.8 Å². The Kier molecular flexibility index (Phi) is 4.76. The summed E-state index contributed by atoms with van der Waals surface area (Å²) in [6, 6.07) is 0. The van der Waals surface area contributed by atoms with Crippen LogP contribution in [0.1, 0.15) is 51.2 Å². The summed E-state index contributed by atoms with van der Waals surface area (Å²) in [6.07, 6.45) is 13.7. The highest BCUT2D eigenvalue weighted by Gasteiger charge is 2.40. The molecule has 6 heteroatoms. The molecule has 2 unspecified atom stereocenters. The zero-order chi connectivity index (χ0) is 18.7. The molecule has 2 aromatic heterocycles. The monoisotopic (exact) mass is 397 g/mol. The van der Waals surface area contributed by atoms with Crippen molar-refractivity contribution in [3.8, 4) is 0 Å². The summed E-state index contributed by atoms with van der Waals surface area (Å²) in [4.78, 5) is 32.8. The highest BCUT2D eigenvalue weighted by molar-refractivity contribution is 6.27. The summed E-state index contributed by atoms with van der Waals surface area (Å²) in [7, 11) is 3.93. The molecular weight excluding hydrogens is 374 g/mol. The Morgan fingerprint density at radius 3 is 2.86 bits per heavy atom. The lowest BCUT2D eigenvalue weighted by Gasteiger charge is -2.26. The van der Waals surface area contributed by atoms with Crippen LogP contribution < -0.4 is 0 Å². The van der Waals surface area contributed by atoms with Crippen LogP contribution in [0.15, 0.2) is 30.2 Å². The van der Waals surface area contributed by atoms with Gasteiger partial charge < -0.3 is 9.30 Å². The van der Waals surface area contributed by atoms with Crippen LogP contribution in [0.3, 0.4) is 0 Å². The van der Waals surface area contributed by atoms with Gasteiger partial charge in [-0.05, 0) is 63.9 Å². The van der Waals surface area contributed by atoms with E-state index >= 15 is 0 Å². The number of rotatable bonds is 3. The average Bonchev–Trinajstić information content (AvgIpc) is 2.98. The largest absolute Gasteiger partial charge is 0.309 e. The number of halogens is 1. The minimum atomic E-state index is -0.600. The zero-order valence-electron chi connectivity index (χ0n) is 16.1. The van der Waals surface area contributed by atoms with Crippen LogP contribution in [-0.4, -0.2) is 46.5 Å². The van der Waals surface area contributed by atoms with E-state index < -0.39 is 5.92 Å². The van der Waals surface area contributed by atoms with Gasteiger partial charge in [0.15, 0.2) is 11.6 Å². The third-order valence-electron chi connectivity index (χ3n) is 6.21. The van der Waals surface area contributed by atoms with Gasteiger partial charge in [-0.25, -0.2) is 4.98 Å². The minimum Gasteiger partial charge on any atom is -0.309 e. The Hall–Kier alpha value is -2.24. The summed E-state index contributed by atoms with van der Waals surface area (Å²) in [5.74, 6) is -0.202. The number of ketones is 2. The second kappa shape index (κ2) is 6.98. The maximum atomic E-state index is 13.4. The molecule has 0 aromatic carbocycles. The van der Waals surface area contributed by atoms with Crippen molar-refractivity contribution in [1.82, 2.24) is 14.3 Å². The number of allylic oxidation sites excluding steroid dienone is 3. The van der Waals surface area contributed by atoms with Gasteiger partial charge in [-0.3, -0.25) is 9.59 Å². The van der Waals surface area contributed by atoms with Gasteiger partial charge in [0.05, 0.1) is 28.9 Å². The van der Waals surface area contributed by atoms with Crippen molar-refractivity contribution in [2.75, 3.05) is 20.6 Å².